The van der Waals surface area contributed by atoms with Crippen LogP contribution in [0.3, 0.4) is 0 Å². The summed E-state index contributed by atoms with van der Waals surface area (Å²) in [5, 5.41) is 4.84. The molecule has 174 valence electrons. The lowest BCUT2D eigenvalue weighted by Gasteiger charge is -2.42. The molecule has 1 aromatic heterocycles. The molecule has 0 radical (unpaired) electrons. The molecule has 3 aromatic rings. The number of benzene rings is 2. The Labute approximate surface area is 196 Å². The summed E-state index contributed by atoms with van der Waals surface area (Å²) in [5.41, 5.74) is 0.513. The average molecular weight is 472 g/mol. The number of methoxy groups -OCH3 is 1. The van der Waals surface area contributed by atoms with Crippen molar-refractivity contribution in [2.45, 2.75) is 19.0 Å². The number of thiophene rings is 1. The molecule has 0 unspecified atom stereocenters. The van der Waals surface area contributed by atoms with Crippen LogP contribution in [0.25, 0.3) is 0 Å². The SMILES string of the molecule is COc1ccccc1N1CCN([C@H](c2cccs2)[C@@H](C)NC(=O)c2c(F)cccc2F)CC1. The topological polar surface area (TPSA) is 44.8 Å². The Kier molecular flexibility index (Phi) is 7.25. The molecular weight excluding hydrogens is 444 g/mol. The van der Waals surface area contributed by atoms with Gasteiger partial charge in [0, 0.05) is 37.1 Å². The number of para-hydroxylation sites is 2. The Morgan fingerprint density at radius 3 is 2.33 bits per heavy atom. The molecule has 5 nitrogen and oxygen atoms in total. The molecule has 0 saturated carbocycles. The van der Waals surface area contributed by atoms with Crippen molar-refractivity contribution >= 4 is 22.9 Å². The number of hydrogen-bond acceptors (Lipinski definition) is 5. The number of ether oxygens (including phenoxy) is 1. The highest BCUT2D eigenvalue weighted by Gasteiger charge is 2.32. The van der Waals surface area contributed by atoms with Crippen LogP contribution in [0.5, 0.6) is 5.75 Å². The largest absolute Gasteiger partial charge is 0.495 e. The highest BCUT2D eigenvalue weighted by atomic mass is 32.1. The number of amides is 1. The van der Waals surface area contributed by atoms with Crippen molar-refractivity contribution in [2.75, 3.05) is 38.2 Å². The Morgan fingerprint density at radius 2 is 1.70 bits per heavy atom. The molecule has 0 aliphatic carbocycles. The average Bonchev–Trinajstić information content (AvgIpc) is 3.34. The van der Waals surface area contributed by atoms with Gasteiger partial charge in [-0.15, -0.1) is 11.3 Å². The van der Waals surface area contributed by atoms with Gasteiger partial charge in [0.15, 0.2) is 0 Å². The Balaban J connectivity index is 1.50. The van der Waals surface area contributed by atoms with Gasteiger partial charge in [0.25, 0.3) is 5.91 Å². The van der Waals surface area contributed by atoms with E-state index < -0.39 is 23.1 Å². The van der Waals surface area contributed by atoms with Crippen LogP contribution < -0.4 is 15.0 Å². The van der Waals surface area contributed by atoms with E-state index in [1.165, 1.54) is 6.07 Å². The molecule has 2 atom stereocenters. The first-order valence-electron chi connectivity index (χ1n) is 10.9. The number of halogens is 2. The zero-order valence-corrected chi connectivity index (χ0v) is 19.4. The van der Waals surface area contributed by atoms with E-state index in [-0.39, 0.29) is 12.1 Å². The second kappa shape index (κ2) is 10.3. The van der Waals surface area contributed by atoms with Crippen molar-refractivity contribution < 1.29 is 18.3 Å². The minimum Gasteiger partial charge on any atom is -0.495 e. The third kappa shape index (κ3) is 5.02. The maximum atomic E-state index is 14.1. The summed E-state index contributed by atoms with van der Waals surface area (Å²) < 4.78 is 33.8. The van der Waals surface area contributed by atoms with E-state index >= 15 is 0 Å². The number of hydrogen-bond donors (Lipinski definition) is 1. The number of rotatable bonds is 7. The van der Waals surface area contributed by atoms with E-state index in [1.807, 2.05) is 42.6 Å². The van der Waals surface area contributed by atoms with E-state index in [0.717, 1.165) is 54.6 Å². The van der Waals surface area contributed by atoms with Crippen molar-refractivity contribution in [2.24, 2.45) is 0 Å². The third-order valence-electron chi connectivity index (χ3n) is 5.99. The van der Waals surface area contributed by atoms with Crippen LogP contribution in [0, 0.1) is 11.6 Å². The lowest BCUT2D eigenvalue weighted by atomic mass is 10.0. The minimum absolute atomic E-state index is 0.108. The normalized spacial score (nSPS) is 16.3. The Hall–Kier alpha value is -2.97. The van der Waals surface area contributed by atoms with Gasteiger partial charge < -0.3 is 15.0 Å². The van der Waals surface area contributed by atoms with Gasteiger partial charge in [-0.05, 0) is 42.6 Å². The Bertz CT molecular complexity index is 1060. The predicted octanol–water partition coefficient (Wildman–Crippen LogP) is 4.72. The van der Waals surface area contributed by atoms with E-state index in [2.05, 4.69) is 21.2 Å². The molecule has 1 aliphatic rings. The molecule has 0 spiro atoms. The molecular formula is C25H27F2N3O2S. The molecule has 1 saturated heterocycles. The van der Waals surface area contributed by atoms with Gasteiger partial charge in [0.05, 0.1) is 18.8 Å². The molecule has 1 fully saturated rings. The van der Waals surface area contributed by atoms with Gasteiger partial charge in [-0.3, -0.25) is 9.69 Å². The maximum absolute atomic E-state index is 14.1. The highest BCUT2D eigenvalue weighted by molar-refractivity contribution is 7.10. The van der Waals surface area contributed by atoms with E-state index in [9.17, 15) is 13.6 Å². The second-order valence-electron chi connectivity index (χ2n) is 8.01. The summed E-state index contributed by atoms with van der Waals surface area (Å²) in [4.78, 5) is 18.4. The monoisotopic (exact) mass is 471 g/mol. The van der Waals surface area contributed by atoms with Crippen LogP contribution in [-0.4, -0.2) is 50.1 Å². The summed E-state index contributed by atoms with van der Waals surface area (Å²) >= 11 is 1.61. The summed E-state index contributed by atoms with van der Waals surface area (Å²) in [6.45, 7) is 5.02. The number of piperazine rings is 1. The van der Waals surface area contributed by atoms with Gasteiger partial charge in [0.2, 0.25) is 0 Å². The minimum atomic E-state index is -0.863. The quantitative estimate of drug-likeness (QED) is 0.542. The Morgan fingerprint density at radius 1 is 1.00 bits per heavy atom. The lowest BCUT2D eigenvalue weighted by Crippen LogP contribution is -2.52. The highest BCUT2D eigenvalue weighted by Crippen LogP contribution is 2.33. The molecule has 33 heavy (non-hydrogen) atoms. The first kappa shape index (κ1) is 23.2. The van der Waals surface area contributed by atoms with E-state index in [1.54, 1.807) is 18.4 Å². The third-order valence-corrected chi connectivity index (χ3v) is 6.93. The van der Waals surface area contributed by atoms with E-state index in [4.69, 9.17) is 4.74 Å². The van der Waals surface area contributed by atoms with Crippen molar-refractivity contribution in [1.82, 2.24) is 10.2 Å². The number of carbonyl (C=O) groups excluding carboxylic acids is 1. The molecule has 1 amide bonds. The molecule has 4 rings (SSSR count). The fourth-order valence-corrected chi connectivity index (χ4v) is 5.37. The smallest absolute Gasteiger partial charge is 0.257 e. The molecule has 1 N–H and O–H groups in total. The summed E-state index contributed by atoms with van der Waals surface area (Å²) in [5.74, 6) is -1.63. The standard InChI is InChI=1S/C25H27F2N3O2S/c1-17(28-25(31)23-18(26)7-5-8-19(23)27)24(22-11-6-16-33-22)30-14-12-29(13-15-30)20-9-3-4-10-21(20)32-2/h3-11,16-17,24H,12-15H2,1-2H3,(H,28,31)/t17-,24+/m1/s1. The molecule has 2 heterocycles. The molecule has 0 bridgehead atoms. The van der Waals surface area contributed by atoms with Gasteiger partial charge in [0.1, 0.15) is 22.9 Å². The second-order valence-corrected chi connectivity index (χ2v) is 8.99. The number of nitrogens with one attached hydrogen (secondary N) is 1. The zero-order valence-electron chi connectivity index (χ0n) is 18.6. The van der Waals surface area contributed by atoms with Crippen LogP contribution >= 0.6 is 11.3 Å². The van der Waals surface area contributed by atoms with Crippen LogP contribution in [0.2, 0.25) is 0 Å². The summed E-state index contributed by atoms with van der Waals surface area (Å²) in [7, 11) is 1.67. The van der Waals surface area contributed by atoms with Gasteiger partial charge in [-0.1, -0.05) is 24.3 Å². The number of nitrogens with zero attached hydrogens (tertiary/aromatic N) is 2. The van der Waals surface area contributed by atoms with Crippen molar-refractivity contribution in [3.05, 3.63) is 82.1 Å². The number of anilines is 1. The van der Waals surface area contributed by atoms with Crippen LogP contribution in [0.1, 0.15) is 28.2 Å². The summed E-state index contributed by atoms with van der Waals surface area (Å²) in [6.07, 6.45) is 0. The van der Waals surface area contributed by atoms with Gasteiger partial charge >= 0.3 is 0 Å². The lowest BCUT2D eigenvalue weighted by molar-refractivity contribution is 0.0882. The number of carbonyl (C=O) groups is 1. The first-order chi connectivity index (χ1) is 16.0. The maximum Gasteiger partial charge on any atom is 0.257 e. The van der Waals surface area contributed by atoms with Gasteiger partial charge in [-0.25, -0.2) is 8.78 Å². The fraction of sp³-hybridized carbons (Fsp3) is 0.320. The van der Waals surface area contributed by atoms with E-state index in [0.29, 0.717) is 0 Å². The zero-order chi connectivity index (χ0) is 23.4. The van der Waals surface area contributed by atoms with Crippen molar-refractivity contribution in [3.63, 3.8) is 0 Å². The van der Waals surface area contributed by atoms with Crippen molar-refractivity contribution in [1.29, 1.82) is 0 Å². The predicted molar refractivity (Wildman–Crippen MR) is 127 cm³/mol. The van der Waals surface area contributed by atoms with Gasteiger partial charge in [-0.2, -0.15) is 0 Å². The molecule has 2 aromatic carbocycles. The fourth-order valence-electron chi connectivity index (χ4n) is 4.41. The van der Waals surface area contributed by atoms with Crippen molar-refractivity contribution in [3.8, 4) is 5.75 Å². The first-order valence-corrected chi connectivity index (χ1v) is 11.8. The molecule has 8 heteroatoms. The van der Waals surface area contributed by atoms with Crippen LogP contribution in [-0.2, 0) is 0 Å². The molecule has 1 aliphatic heterocycles. The van der Waals surface area contributed by atoms with Crippen LogP contribution in [0.15, 0.2) is 60.0 Å². The van der Waals surface area contributed by atoms with Crippen LogP contribution in [0.4, 0.5) is 14.5 Å². The summed E-state index contributed by atoms with van der Waals surface area (Å²) in [6, 6.07) is 14.9.